The van der Waals surface area contributed by atoms with Crippen molar-refractivity contribution in [3.05, 3.63) is 54.4 Å². The summed E-state index contributed by atoms with van der Waals surface area (Å²) in [4.78, 5) is 13.9. The van der Waals surface area contributed by atoms with Gasteiger partial charge in [-0.3, -0.25) is 9.89 Å². The van der Waals surface area contributed by atoms with E-state index < -0.39 is 0 Å². The number of ether oxygens (including phenoxy) is 2. The number of rotatable bonds is 7. The van der Waals surface area contributed by atoms with Crippen molar-refractivity contribution in [2.75, 3.05) is 31.4 Å². The van der Waals surface area contributed by atoms with Gasteiger partial charge in [0.2, 0.25) is 5.91 Å². The molecule has 1 aromatic heterocycles. The normalized spacial score (nSPS) is 15.2. The number of thioether (sulfide) groups is 1. The lowest BCUT2D eigenvalue weighted by molar-refractivity contribution is -0.121. The maximum absolute atomic E-state index is 13.0. The molecule has 1 aliphatic heterocycles. The molecular weight excluding hydrogens is 402 g/mol. The monoisotopic (exact) mass is 425 g/mol. The van der Waals surface area contributed by atoms with Gasteiger partial charge in [-0.2, -0.15) is 5.10 Å². The van der Waals surface area contributed by atoms with Crippen LogP contribution in [0.4, 0.5) is 5.69 Å². The van der Waals surface area contributed by atoms with Gasteiger partial charge < -0.3 is 19.9 Å². The molecule has 3 N–H and O–H groups in total. The summed E-state index contributed by atoms with van der Waals surface area (Å²) in [6, 6.07) is 11.5. The van der Waals surface area contributed by atoms with E-state index in [1.165, 1.54) is 11.8 Å². The zero-order valence-electron chi connectivity index (χ0n) is 16.6. The third-order valence-corrected chi connectivity index (χ3v) is 6.00. The predicted octanol–water partition coefficient (Wildman–Crippen LogP) is 3.36. The average molecular weight is 426 g/mol. The van der Waals surface area contributed by atoms with E-state index in [2.05, 4.69) is 15.5 Å². The van der Waals surface area contributed by atoms with E-state index in [0.717, 1.165) is 38.8 Å². The molecule has 1 amide bonds. The molecule has 8 heteroatoms. The molecule has 0 fully saturated rings. The van der Waals surface area contributed by atoms with Crippen LogP contribution in [-0.2, 0) is 11.2 Å². The molecule has 1 atom stereocenters. The van der Waals surface area contributed by atoms with Crippen LogP contribution in [0.15, 0.2) is 53.7 Å². The highest BCUT2D eigenvalue weighted by molar-refractivity contribution is 7.99. The van der Waals surface area contributed by atoms with E-state index in [1.54, 1.807) is 13.3 Å². The number of aromatic amines is 1. The number of amides is 1. The molecular formula is C22H23N3O4S. The van der Waals surface area contributed by atoms with Gasteiger partial charge in [0.05, 0.1) is 31.5 Å². The van der Waals surface area contributed by atoms with E-state index >= 15 is 0 Å². The highest BCUT2D eigenvalue weighted by Gasteiger charge is 2.27. The molecule has 1 aliphatic rings. The summed E-state index contributed by atoms with van der Waals surface area (Å²) in [5.74, 6) is 1.69. The first-order valence-corrected chi connectivity index (χ1v) is 10.6. The van der Waals surface area contributed by atoms with Crippen molar-refractivity contribution in [3.63, 3.8) is 0 Å². The lowest BCUT2D eigenvalue weighted by atomic mass is 9.95. The molecule has 0 radical (unpaired) electrons. The maximum atomic E-state index is 13.0. The number of H-pyrrole nitrogens is 1. The summed E-state index contributed by atoms with van der Waals surface area (Å²) in [6.07, 6.45) is 4.16. The summed E-state index contributed by atoms with van der Waals surface area (Å²) in [7, 11) is 1.62. The SMILES string of the molecule is COc1ccc2c(c1)CC(C(=O)Nc1ccc(-c3cn[nH]c3)cc1SCCO)CO2. The average Bonchev–Trinajstić information content (AvgIpc) is 3.32. The topological polar surface area (TPSA) is 96.5 Å². The maximum Gasteiger partial charge on any atom is 0.231 e. The lowest BCUT2D eigenvalue weighted by Gasteiger charge is -2.25. The number of aliphatic hydroxyl groups excluding tert-OH is 1. The molecule has 1 unspecified atom stereocenters. The highest BCUT2D eigenvalue weighted by Crippen LogP contribution is 2.34. The van der Waals surface area contributed by atoms with E-state index in [-0.39, 0.29) is 18.4 Å². The highest BCUT2D eigenvalue weighted by atomic mass is 32.2. The largest absolute Gasteiger partial charge is 0.497 e. The first-order chi connectivity index (χ1) is 14.7. The second-order valence-corrected chi connectivity index (χ2v) is 8.08. The van der Waals surface area contributed by atoms with Crippen LogP contribution < -0.4 is 14.8 Å². The third-order valence-electron chi connectivity index (χ3n) is 4.96. The molecule has 0 spiro atoms. The Hall–Kier alpha value is -2.97. The number of carbonyl (C=O) groups excluding carboxylic acids is 1. The van der Waals surface area contributed by atoms with Gasteiger partial charge in [0, 0.05) is 22.4 Å². The van der Waals surface area contributed by atoms with Gasteiger partial charge in [0.1, 0.15) is 18.1 Å². The van der Waals surface area contributed by atoms with Crippen molar-refractivity contribution >= 4 is 23.4 Å². The minimum Gasteiger partial charge on any atom is -0.497 e. The number of aromatic nitrogens is 2. The molecule has 156 valence electrons. The van der Waals surface area contributed by atoms with Crippen LogP contribution in [0.1, 0.15) is 5.56 Å². The number of anilines is 1. The molecule has 2 heterocycles. The first kappa shape index (κ1) is 20.3. The molecule has 3 aromatic rings. The van der Waals surface area contributed by atoms with E-state index in [1.807, 2.05) is 42.6 Å². The molecule has 0 saturated carbocycles. The van der Waals surface area contributed by atoms with Gasteiger partial charge in [0.25, 0.3) is 0 Å². The third kappa shape index (κ3) is 4.44. The van der Waals surface area contributed by atoms with E-state index in [4.69, 9.17) is 9.47 Å². The zero-order chi connectivity index (χ0) is 20.9. The molecule has 30 heavy (non-hydrogen) atoms. The van der Waals surface area contributed by atoms with Crippen LogP contribution in [0, 0.1) is 5.92 Å². The van der Waals surface area contributed by atoms with Crippen molar-refractivity contribution in [3.8, 4) is 22.6 Å². The Morgan fingerprint density at radius 1 is 1.33 bits per heavy atom. The predicted molar refractivity (Wildman–Crippen MR) is 116 cm³/mol. The fourth-order valence-electron chi connectivity index (χ4n) is 3.39. The Labute approximate surface area is 178 Å². The van der Waals surface area contributed by atoms with Crippen LogP contribution in [0.2, 0.25) is 0 Å². The number of nitrogens with one attached hydrogen (secondary N) is 2. The van der Waals surface area contributed by atoms with Gasteiger partial charge in [-0.05, 0) is 47.9 Å². The molecule has 2 aromatic carbocycles. The Morgan fingerprint density at radius 2 is 2.23 bits per heavy atom. The summed E-state index contributed by atoms with van der Waals surface area (Å²) in [5.41, 5.74) is 3.64. The fourth-order valence-corrected chi connectivity index (χ4v) is 4.19. The van der Waals surface area contributed by atoms with Gasteiger partial charge in [-0.15, -0.1) is 11.8 Å². The van der Waals surface area contributed by atoms with Crippen molar-refractivity contribution in [1.82, 2.24) is 10.2 Å². The quantitative estimate of drug-likeness (QED) is 0.503. The smallest absolute Gasteiger partial charge is 0.231 e. The van der Waals surface area contributed by atoms with Crippen LogP contribution in [0.25, 0.3) is 11.1 Å². The number of hydrogen-bond acceptors (Lipinski definition) is 6. The summed E-state index contributed by atoms with van der Waals surface area (Å²) in [5, 5.41) is 19.1. The molecule has 4 rings (SSSR count). The lowest BCUT2D eigenvalue weighted by Crippen LogP contribution is -2.32. The molecule has 0 bridgehead atoms. The first-order valence-electron chi connectivity index (χ1n) is 9.65. The molecule has 0 aliphatic carbocycles. The number of benzene rings is 2. The van der Waals surface area contributed by atoms with Crippen LogP contribution in [0.5, 0.6) is 11.5 Å². The van der Waals surface area contributed by atoms with Crippen molar-refractivity contribution in [1.29, 1.82) is 0 Å². The Balaban J connectivity index is 1.52. The number of fused-ring (bicyclic) bond motifs is 1. The minimum absolute atomic E-state index is 0.0586. The van der Waals surface area contributed by atoms with Crippen molar-refractivity contribution < 1.29 is 19.4 Å². The number of nitrogens with zero attached hydrogens (tertiary/aromatic N) is 1. The van der Waals surface area contributed by atoms with Crippen LogP contribution in [-0.4, -0.2) is 47.3 Å². The second-order valence-electron chi connectivity index (χ2n) is 6.94. The Bertz CT molecular complexity index is 1020. The second kappa shape index (κ2) is 9.23. The summed E-state index contributed by atoms with van der Waals surface area (Å²) < 4.78 is 11.1. The number of aliphatic hydroxyl groups is 1. The number of methoxy groups -OCH3 is 1. The van der Waals surface area contributed by atoms with Crippen molar-refractivity contribution in [2.45, 2.75) is 11.3 Å². The van der Waals surface area contributed by atoms with Gasteiger partial charge in [0.15, 0.2) is 0 Å². The zero-order valence-corrected chi connectivity index (χ0v) is 17.4. The Morgan fingerprint density at radius 3 is 3.00 bits per heavy atom. The molecule has 0 saturated heterocycles. The Kier molecular flexibility index (Phi) is 6.25. The fraction of sp³-hybridized carbons (Fsp3) is 0.273. The van der Waals surface area contributed by atoms with Gasteiger partial charge in [-0.1, -0.05) is 6.07 Å². The van der Waals surface area contributed by atoms with Gasteiger partial charge in [-0.25, -0.2) is 0 Å². The number of hydrogen-bond donors (Lipinski definition) is 3. The minimum atomic E-state index is -0.297. The van der Waals surface area contributed by atoms with E-state index in [0.29, 0.717) is 18.8 Å². The van der Waals surface area contributed by atoms with Crippen molar-refractivity contribution in [2.24, 2.45) is 5.92 Å². The number of carbonyl (C=O) groups is 1. The van der Waals surface area contributed by atoms with Crippen LogP contribution in [0.3, 0.4) is 0 Å². The van der Waals surface area contributed by atoms with Crippen LogP contribution >= 0.6 is 11.8 Å². The molecule has 7 nitrogen and oxygen atoms in total. The summed E-state index contributed by atoms with van der Waals surface area (Å²) in [6.45, 7) is 0.389. The standard InChI is InChI=1S/C22H23N3O4S/c1-28-18-3-5-20-15(9-18)8-16(13-29-20)22(27)25-19-4-2-14(17-11-23-24-12-17)10-21(19)30-7-6-26/h2-5,9-12,16,26H,6-8,13H2,1H3,(H,23,24)(H,25,27). The summed E-state index contributed by atoms with van der Waals surface area (Å²) >= 11 is 1.50. The van der Waals surface area contributed by atoms with E-state index in [9.17, 15) is 9.90 Å². The van der Waals surface area contributed by atoms with Gasteiger partial charge >= 0.3 is 0 Å².